The number of rotatable bonds is 6. The number of imidazole rings is 1. The Kier molecular flexibility index (Phi) is 8.27. The van der Waals surface area contributed by atoms with Gasteiger partial charge in [-0.3, -0.25) is 4.99 Å². The van der Waals surface area contributed by atoms with Crippen LogP contribution < -0.4 is 10.6 Å². The van der Waals surface area contributed by atoms with Gasteiger partial charge in [-0.15, -0.1) is 24.0 Å². The largest absolute Gasteiger partial charge is 0.355 e. The van der Waals surface area contributed by atoms with Gasteiger partial charge in [0.15, 0.2) is 5.96 Å². The SMILES string of the molecule is CN=C(NCc1nccn1Cc1ccccc1)NCC1(C)CCCS1.I. The zero-order valence-corrected chi connectivity index (χ0v) is 18.6. The monoisotopic (exact) mass is 485 g/mol. The average molecular weight is 485 g/mol. The van der Waals surface area contributed by atoms with Gasteiger partial charge >= 0.3 is 0 Å². The van der Waals surface area contributed by atoms with E-state index in [1.165, 1.54) is 24.2 Å². The first-order valence-corrected chi connectivity index (χ1v) is 9.79. The second-order valence-electron chi connectivity index (χ2n) is 6.64. The molecule has 1 aromatic carbocycles. The second kappa shape index (κ2) is 10.2. The Morgan fingerprint density at radius 3 is 2.81 bits per heavy atom. The number of guanidine groups is 1. The Balaban J connectivity index is 0.00000243. The molecule has 1 fully saturated rings. The van der Waals surface area contributed by atoms with E-state index in [1.54, 1.807) is 0 Å². The fourth-order valence-electron chi connectivity index (χ4n) is 3.06. The number of halogens is 1. The van der Waals surface area contributed by atoms with Crippen molar-refractivity contribution in [1.29, 1.82) is 0 Å². The van der Waals surface area contributed by atoms with Gasteiger partial charge in [0.2, 0.25) is 0 Å². The number of hydrogen-bond donors (Lipinski definition) is 2. The van der Waals surface area contributed by atoms with Crippen molar-refractivity contribution >= 4 is 41.7 Å². The maximum atomic E-state index is 4.48. The molecule has 26 heavy (non-hydrogen) atoms. The first-order valence-electron chi connectivity index (χ1n) is 8.81. The molecule has 2 aromatic rings. The molecule has 0 saturated carbocycles. The predicted molar refractivity (Wildman–Crippen MR) is 121 cm³/mol. The molecule has 1 saturated heterocycles. The molecule has 0 amide bonds. The van der Waals surface area contributed by atoms with Crippen LogP contribution in [0.15, 0.2) is 47.7 Å². The Bertz CT molecular complexity index is 695. The van der Waals surface area contributed by atoms with Crippen molar-refractivity contribution in [1.82, 2.24) is 20.2 Å². The first kappa shape index (κ1) is 21.1. The molecule has 0 radical (unpaired) electrons. The van der Waals surface area contributed by atoms with Gasteiger partial charge in [-0.2, -0.15) is 11.8 Å². The normalized spacial score (nSPS) is 19.8. The zero-order chi connectivity index (χ0) is 17.5. The summed E-state index contributed by atoms with van der Waals surface area (Å²) in [6.45, 7) is 4.76. The lowest BCUT2D eigenvalue weighted by atomic mass is 10.1. The lowest BCUT2D eigenvalue weighted by Gasteiger charge is -2.24. The van der Waals surface area contributed by atoms with E-state index in [2.05, 4.69) is 68.1 Å². The number of hydrogen-bond acceptors (Lipinski definition) is 3. The number of aromatic nitrogens is 2. The minimum atomic E-state index is 0. The van der Waals surface area contributed by atoms with Crippen LogP contribution in [0.3, 0.4) is 0 Å². The number of aliphatic imine (C=N–C) groups is 1. The van der Waals surface area contributed by atoms with Crippen molar-refractivity contribution in [2.45, 2.75) is 37.6 Å². The first-order chi connectivity index (χ1) is 12.2. The molecule has 7 heteroatoms. The van der Waals surface area contributed by atoms with Crippen molar-refractivity contribution < 1.29 is 0 Å². The van der Waals surface area contributed by atoms with Gasteiger partial charge in [0.1, 0.15) is 5.82 Å². The van der Waals surface area contributed by atoms with Crippen LogP contribution in [0.1, 0.15) is 31.2 Å². The van der Waals surface area contributed by atoms with Gasteiger partial charge in [-0.05, 0) is 31.1 Å². The topological polar surface area (TPSA) is 54.2 Å². The predicted octanol–water partition coefficient (Wildman–Crippen LogP) is 3.50. The average Bonchev–Trinajstić information content (AvgIpc) is 3.26. The summed E-state index contributed by atoms with van der Waals surface area (Å²) in [5.74, 6) is 3.11. The third-order valence-electron chi connectivity index (χ3n) is 4.57. The van der Waals surface area contributed by atoms with Crippen LogP contribution in [0.25, 0.3) is 0 Å². The van der Waals surface area contributed by atoms with Gasteiger partial charge in [-0.25, -0.2) is 4.98 Å². The molecule has 5 nitrogen and oxygen atoms in total. The fraction of sp³-hybridized carbons (Fsp3) is 0.474. The fourth-order valence-corrected chi connectivity index (χ4v) is 4.31. The minimum Gasteiger partial charge on any atom is -0.355 e. The van der Waals surface area contributed by atoms with Gasteiger partial charge in [0.25, 0.3) is 0 Å². The summed E-state index contributed by atoms with van der Waals surface area (Å²) in [5.41, 5.74) is 1.27. The second-order valence-corrected chi connectivity index (χ2v) is 8.32. The Labute approximate surface area is 177 Å². The van der Waals surface area contributed by atoms with E-state index < -0.39 is 0 Å². The third-order valence-corrected chi connectivity index (χ3v) is 6.10. The Morgan fingerprint density at radius 2 is 2.12 bits per heavy atom. The molecule has 0 aliphatic carbocycles. The van der Waals surface area contributed by atoms with Crippen LogP contribution in [-0.2, 0) is 13.1 Å². The number of nitrogens with one attached hydrogen (secondary N) is 2. The van der Waals surface area contributed by atoms with Crippen LogP contribution in [0.5, 0.6) is 0 Å². The minimum absolute atomic E-state index is 0. The van der Waals surface area contributed by atoms with Crippen LogP contribution in [0, 0.1) is 0 Å². The Hall–Kier alpha value is -1.22. The quantitative estimate of drug-likeness (QED) is 0.374. The molecule has 1 aromatic heterocycles. The summed E-state index contributed by atoms with van der Waals surface area (Å²) in [5, 5.41) is 6.85. The highest BCUT2D eigenvalue weighted by Gasteiger charge is 2.29. The van der Waals surface area contributed by atoms with Crippen molar-refractivity contribution in [3.05, 3.63) is 54.1 Å². The Morgan fingerprint density at radius 1 is 1.31 bits per heavy atom. The molecule has 1 aliphatic heterocycles. The molecule has 3 rings (SSSR count). The third kappa shape index (κ3) is 5.90. The van der Waals surface area contributed by atoms with E-state index in [0.29, 0.717) is 11.3 Å². The van der Waals surface area contributed by atoms with Gasteiger partial charge < -0.3 is 15.2 Å². The van der Waals surface area contributed by atoms with Crippen LogP contribution in [0.4, 0.5) is 0 Å². The molecule has 0 spiro atoms. The molecule has 1 atom stereocenters. The molecular formula is C19H28IN5S. The summed E-state index contributed by atoms with van der Waals surface area (Å²) in [6.07, 6.45) is 6.46. The number of benzene rings is 1. The molecule has 142 valence electrons. The highest BCUT2D eigenvalue weighted by Crippen LogP contribution is 2.36. The van der Waals surface area contributed by atoms with Crippen LogP contribution >= 0.6 is 35.7 Å². The molecular weight excluding hydrogens is 457 g/mol. The summed E-state index contributed by atoms with van der Waals surface area (Å²) in [4.78, 5) is 8.82. The van der Waals surface area contributed by atoms with E-state index in [0.717, 1.165) is 24.9 Å². The lowest BCUT2D eigenvalue weighted by molar-refractivity contribution is 0.582. The zero-order valence-electron chi connectivity index (χ0n) is 15.4. The van der Waals surface area contributed by atoms with Crippen molar-refractivity contribution in [3.63, 3.8) is 0 Å². The van der Waals surface area contributed by atoms with Crippen molar-refractivity contribution in [2.75, 3.05) is 19.3 Å². The van der Waals surface area contributed by atoms with Crippen molar-refractivity contribution in [3.8, 4) is 0 Å². The highest BCUT2D eigenvalue weighted by atomic mass is 127. The van der Waals surface area contributed by atoms with Gasteiger partial charge in [-0.1, -0.05) is 30.3 Å². The van der Waals surface area contributed by atoms with E-state index in [-0.39, 0.29) is 24.0 Å². The molecule has 2 N–H and O–H groups in total. The summed E-state index contributed by atoms with van der Waals surface area (Å²) in [6, 6.07) is 10.4. The van der Waals surface area contributed by atoms with Crippen LogP contribution in [-0.4, -0.2) is 39.6 Å². The standard InChI is InChI=1S/C19H27N5S.HI/c1-19(9-6-12-25-19)15-23-18(20-2)22-13-17-21-10-11-24(17)14-16-7-4-3-5-8-16;/h3-5,7-8,10-11H,6,9,12-15H2,1-2H3,(H2,20,22,23);1H. The molecule has 2 heterocycles. The lowest BCUT2D eigenvalue weighted by Crippen LogP contribution is -2.43. The summed E-state index contributed by atoms with van der Waals surface area (Å²) in [7, 11) is 1.82. The number of thioether (sulfide) groups is 1. The van der Waals surface area contributed by atoms with E-state index in [4.69, 9.17) is 0 Å². The van der Waals surface area contributed by atoms with E-state index in [1.807, 2.05) is 25.5 Å². The van der Waals surface area contributed by atoms with Gasteiger partial charge in [0, 0.05) is 37.3 Å². The molecule has 1 aliphatic rings. The van der Waals surface area contributed by atoms with E-state index >= 15 is 0 Å². The summed E-state index contributed by atoms with van der Waals surface area (Å²) >= 11 is 2.05. The molecule has 1 unspecified atom stereocenters. The maximum Gasteiger partial charge on any atom is 0.191 e. The summed E-state index contributed by atoms with van der Waals surface area (Å²) < 4.78 is 2.49. The molecule has 0 bridgehead atoms. The van der Waals surface area contributed by atoms with Crippen LogP contribution in [0.2, 0.25) is 0 Å². The number of nitrogens with zero attached hydrogens (tertiary/aromatic N) is 3. The smallest absolute Gasteiger partial charge is 0.191 e. The maximum absolute atomic E-state index is 4.48. The van der Waals surface area contributed by atoms with Gasteiger partial charge in [0.05, 0.1) is 6.54 Å². The van der Waals surface area contributed by atoms with E-state index in [9.17, 15) is 0 Å². The highest BCUT2D eigenvalue weighted by molar-refractivity contribution is 14.0. The van der Waals surface area contributed by atoms with Crippen molar-refractivity contribution in [2.24, 2.45) is 4.99 Å².